The molecule has 4 nitrogen and oxygen atoms in total. The predicted molar refractivity (Wildman–Crippen MR) is 35.8 cm³/mol. The summed E-state index contributed by atoms with van der Waals surface area (Å²) in [4.78, 5) is 12.0. The van der Waals surface area contributed by atoms with E-state index < -0.39 is 28.5 Å². The van der Waals surface area contributed by atoms with Gasteiger partial charge in [-0.05, 0) is 9.91 Å². The Labute approximate surface area is 70.2 Å². The number of hydrogen-bond acceptors (Lipinski definition) is 3. The zero-order chi connectivity index (χ0) is 10.0. The van der Waals surface area contributed by atoms with E-state index in [1.54, 1.807) is 0 Å². The molecule has 0 saturated heterocycles. The fourth-order valence-corrected chi connectivity index (χ4v) is 0.787. The van der Waals surface area contributed by atoms with E-state index in [0.29, 0.717) is 6.07 Å². The molecule has 0 spiro atoms. The van der Waals surface area contributed by atoms with E-state index in [9.17, 15) is 23.3 Å². The minimum absolute atomic E-state index is 0.647. The number of rotatable bonds is 2. The maximum absolute atomic E-state index is 12.6. The lowest BCUT2D eigenvalue weighted by Gasteiger charge is -2.00. The molecule has 0 radical (unpaired) electrons. The van der Waals surface area contributed by atoms with E-state index >= 15 is 0 Å². The Balaban J connectivity index is 3.34. The Kier molecular flexibility index (Phi) is 2.45. The molecule has 0 N–H and O–H groups in total. The lowest BCUT2D eigenvalue weighted by Crippen LogP contribution is -2.01. The van der Waals surface area contributed by atoms with Crippen molar-refractivity contribution in [1.29, 1.82) is 0 Å². The second kappa shape index (κ2) is 3.38. The first-order valence-electron chi connectivity index (χ1n) is 3.11. The fourth-order valence-electron chi connectivity index (χ4n) is 0.787. The van der Waals surface area contributed by atoms with Crippen LogP contribution in [-0.4, -0.2) is 9.91 Å². The highest BCUT2D eigenvalue weighted by Crippen LogP contribution is 2.28. The number of alkyl halides is 2. The molecule has 1 aromatic rings. The van der Waals surface area contributed by atoms with Crippen molar-refractivity contribution >= 4 is 5.82 Å². The topological polar surface area (TPSA) is 56.0 Å². The Morgan fingerprint density at radius 1 is 1.54 bits per heavy atom. The van der Waals surface area contributed by atoms with E-state index in [4.69, 9.17) is 0 Å². The van der Waals surface area contributed by atoms with Gasteiger partial charge in [0.25, 0.3) is 6.43 Å². The Morgan fingerprint density at radius 3 is 2.54 bits per heavy atom. The Morgan fingerprint density at radius 2 is 2.15 bits per heavy atom. The van der Waals surface area contributed by atoms with Crippen LogP contribution in [0.3, 0.4) is 0 Å². The lowest BCUT2D eigenvalue weighted by atomic mass is 10.2. The summed E-state index contributed by atoms with van der Waals surface area (Å²) in [7, 11) is 0. The summed E-state index contributed by atoms with van der Waals surface area (Å²) in [6, 6.07) is 0.647. The van der Waals surface area contributed by atoms with Crippen molar-refractivity contribution in [1.82, 2.24) is 4.98 Å². The SMILES string of the molecule is O=[N+]([O-])c1nccc(F)c1C(F)F. The highest BCUT2D eigenvalue weighted by Gasteiger charge is 2.26. The van der Waals surface area contributed by atoms with E-state index in [-0.39, 0.29) is 0 Å². The van der Waals surface area contributed by atoms with Crippen molar-refractivity contribution in [3.05, 3.63) is 33.8 Å². The van der Waals surface area contributed by atoms with Gasteiger partial charge in [0, 0.05) is 6.07 Å². The van der Waals surface area contributed by atoms with Crippen LogP contribution in [0.4, 0.5) is 19.0 Å². The number of pyridine rings is 1. The van der Waals surface area contributed by atoms with Gasteiger partial charge in [0.2, 0.25) is 0 Å². The van der Waals surface area contributed by atoms with E-state index in [0.717, 1.165) is 6.20 Å². The Bertz CT molecular complexity index is 343. The lowest BCUT2D eigenvalue weighted by molar-refractivity contribution is -0.391. The molecule has 70 valence electrons. The number of hydrogen-bond donors (Lipinski definition) is 0. The van der Waals surface area contributed by atoms with Crippen LogP contribution in [0.1, 0.15) is 12.0 Å². The van der Waals surface area contributed by atoms with Gasteiger partial charge in [-0.1, -0.05) is 0 Å². The van der Waals surface area contributed by atoms with Gasteiger partial charge in [-0.3, -0.25) is 0 Å². The number of nitro groups is 1. The van der Waals surface area contributed by atoms with Crippen molar-refractivity contribution in [3.63, 3.8) is 0 Å². The van der Waals surface area contributed by atoms with Crippen LogP contribution >= 0.6 is 0 Å². The van der Waals surface area contributed by atoms with Crippen LogP contribution in [0.2, 0.25) is 0 Å². The Hall–Kier alpha value is -1.66. The van der Waals surface area contributed by atoms with Crippen LogP contribution in [0.25, 0.3) is 0 Å². The van der Waals surface area contributed by atoms with Gasteiger partial charge < -0.3 is 10.1 Å². The molecule has 0 fully saturated rings. The van der Waals surface area contributed by atoms with Crippen molar-refractivity contribution in [2.24, 2.45) is 0 Å². The number of aromatic nitrogens is 1. The van der Waals surface area contributed by atoms with Crippen molar-refractivity contribution < 1.29 is 18.1 Å². The highest BCUT2D eigenvalue weighted by atomic mass is 19.3. The molecule has 0 aromatic carbocycles. The maximum Gasteiger partial charge on any atom is 0.375 e. The third kappa shape index (κ3) is 1.74. The zero-order valence-corrected chi connectivity index (χ0v) is 6.08. The minimum atomic E-state index is -3.24. The summed E-state index contributed by atoms with van der Waals surface area (Å²) in [5.74, 6) is -2.47. The molecule has 0 aliphatic rings. The quantitative estimate of drug-likeness (QED) is 0.532. The van der Waals surface area contributed by atoms with Crippen LogP contribution < -0.4 is 0 Å². The summed E-state index contributed by atoms with van der Waals surface area (Å²) in [6.45, 7) is 0. The van der Waals surface area contributed by atoms with Gasteiger partial charge in [-0.2, -0.15) is 0 Å². The molecule has 1 heterocycles. The van der Waals surface area contributed by atoms with E-state index in [1.165, 1.54) is 0 Å². The normalized spacial score (nSPS) is 10.5. The molecule has 0 aliphatic carbocycles. The van der Waals surface area contributed by atoms with Crippen molar-refractivity contribution in [2.75, 3.05) is 0 Å². The average Bonchev–Trinajstić information content (AvgIpc) is 2.02. The summed E-state index contributed by atoms with van der Waals surface area (Å²) in [5.41, 5.74) is -1.27. The summed E-state index contributed by atoms with van der Waals surface area (Å²) >= 11 is 0. The largest absolute Gasteiger partial charge is 0.375 e. The highest BCUT2D eigenvalue weighted by molar-refractivity contribution is 5.33. The molecule has 13 heavy (non-hydrogen) atoms. The molecule has 1 rings (SSSR count). The minimum Gasteiger partial charge on any atom is -0.358 e. The van der Waals surface area contributed by atoms with Gasteiger partial charge in [0.15, 0.2) is 5.56 Å². The van der Waals surface area contributed by atoms with Gasteiger partial charge in [-0.25, -0.2) is 13.2 Å². The van der Waals surface area contributed by atoms with Crippen molar-refractivity contribution in [2.45, 2.75) is 6.43 Å². The van der Waals surface area contributed by atoms with E-state index in [2.05, 4.69) is 4.98 Å². The fraction of sp³-hybridized carbons (Fsp3) is 0.167. The standard InChI is InChI=1S/C6H3F3N2O2/c7-3-1-2-10-6(11(12)13)4(3)5(8)9/h1-2,5H. The van der Waals surface area contributed by atoms with Crippen LogP contribution in [0.15, 0.2) is 12.3 Å². The molecule has 1 aromatic heterocycles. The molecule has 0 amide bonds. The summed E-state index contributed by atoms with van der Waals surface area (Å²) < 4.78 is 36.8. The second-order valence-electron chi connectivity index (χ2n) is 2.09. The molecular formula is C6H3F3N2O2. The molecule has 7 heteroatoms. The maximum atomic E-state index is 12.6. The van der Waals surface area contributed by atoms with Gasteiger partial charge in [0.1, 0.15) is 12.0 Å². The predicted octanol–water partition coefficient (Wildman–Crippen LogP) is 2.07. The monoisotopic (exact) mass is 192 g/mol. The average molecular weight is 192 g/mol. The van der Waals surface area contributed by atoms with Crippen LogP contribution in [0.5, 0.6) is 0 Å². The van der Waals surface area contributed by atoms with Crippen LogP contribution in [-0.2, 0) is 0 Å². The first-order valence-corrected chi connectivity index (χ1v) is 3.11. The smallest absolute Gasteiger partial charge is 0.358 e. The summed E-state index contributed by atoms with van der Waals surface area (Å²) in [6.07, 6.45) is -2.48. The molecule has 0 saturated carbocycles. The first-order chi connectivity index (χ1) is 6.04. The third-order valence-corrected chi connectivity index (χ3v) is 1.31. The molecule has 0 unspecified atom stereocenters. The third-order valence-electron chi connectivity index (χ3n) is 1.31. The van der Waals surface area contributed by atoms with Crippen molar-refractivity contribution in [3.8, 4) is 0 Å². The van der Waals surface area contributed by atoms with Gasteiger partial charge >= 0.3 is 5.82 Å². The van der Waals surface area contributed by atoms with Crippen LogP contribution in [0, 0.1) is 15.9 Å². The molecular weight excluding hydrogens is 189 g/mol. The van der Waals surface area contributed by atoms with Gasteiger partial charge in [0.05, 0.1) is 0 Å². The van der Waals surface area contributed by atoms with E-state index in [1.807, 2.05) is 0 Å². The molecule has 0 atom stereocenters. The first kappa shape index (κ1) is 9.43. The molecule has 0 aliphatic heterocycles. The molecule has 0 bridgehead atoms. The number of halogens is 3. The zero-order valence-electron chi connectivity index (χ0n) is 6.08. The van der Waals surface area contributed by atoms with Gasteiger partial charge in [-0.15, -0.1) is 0 Å². The second-order valence-corrected chi connectivity index (χ2v) is 2.09. The summed E-state index contributed by atoms with van der Waals surface area (Å²) in [5, 5.41) is 10.1. The number of nitrogens with zero attached hydrogens (tertiary/aromatic N) is 2.